The fourth-order valence-corrected chi connectivity index (χ4v) is 1.77. The van der Waals surface area contributed by atoms with Gasteiger partial charge in [-0.25, -0.2) is 0 Å². The summed E-state index contributed by atoms with van der Waals surface area (Å²) in [6.45, 7) is 4.82. The van der Waals surface area contributed by atoms with E-state index in [0.717, 1.165) is 0 Å². The van der Waals surface area contributed by atoms with Gasteiger partial charge < -0.3 is 19.9 Å². The number of aromatic nitrogens is 1. The standard InChI is InChI=1S/C13H21N3O3/c1-10(2)16(6-7-19-3)13(18)9-15-8-11(14)4-5-12(15)17/h4-5,8,10H,6-7,9,14H2,1-3H3. The van der Waals surface area contributed by atoms with Gasteiger partial charge in [-0.2, -0.15) is 0 Å². The molecule has 0 unspecified atom stereocenters. The van der Waals surface area contributed by atoms with Crippen LogP contribution in [-0.2, 0) is 16.1 Å². The second-order valence-corrected chi connectivity index (χ2v) is 4.60. The van der Waals surface area contributed by atoms with Crippen molar-refractivity contribution in [3.63, 3.8) is 0 Å². The molecule has 0 aliphatic carbocycles. The molecule has 0 saturated heterocycles. The molecule has 6 heteroatoms. The predicted molar refractivity (Wildman–Crippen MR) is 73.8 cm³/mol. The first-order valence-electron chi connectivity index (χ1n) is 6.20. The normalized spacial score (nSPS) is 10.7. The van der Waals surface area contributed by atoms with Crippen LogP contribution in [0.2, 0.25) is 0 Å². The average Bonchev–Trinajstić information content (AvgIpc) is 2.34. The number of hydrogen-bond donors (Lipinski definition) is 1. The van der Waals surface area contributed by atoms with Gasteiger partial charge in [0.15, 0.2) is 0 Å². The van der Waals surface area contributed by atoms with Gasteiger partial charge in [0.25, 0.3) is 5.56 Å². The second-order valence-electron chi connectivity index (χ2n) is 4.60. The molecule has 0 aliphatic heterocycles. The van der Waals surface area contributed by atoms with Gasteiger partial charge in [-0.05, 0) is 19.9 Å². The quantitative estimate of drug-likeness (QED) is 0.805. The number of nitrogen functional groups attached to an aromatic ring is 1. The Morgan fingerprint density at radius 1 is 1.47 bits per heavy atom. The lowest BCUT2D eigenvalue weighted by molar-refractivity contribution is -0.134. The predicted octanol–water partition coefficient (Wildman–Crippen LogP) is 0.314. The fourth-order valence-electron chi connectivity index (χ4n) is 1.77. The van der Waals surface area contributed by atoms with Crippen molar-refractivity contribution in [3.05, 3.63) is 28.7 Å². The van der Waals surface area contributed by atoms with Gasteiger partial charge in [-0.15, -0.1) is 0 Å². The molecule has 0 spiro atoms. The second kappa shape index (κ2) is 6.94. The molecule has 2 N–H and O–H groups in total. The summed E-state index contributed by atoms with van der Waals surface area (Å²) < 4.78 is 6.30. The summed E-state index contributed by atoms with van der Waals surface area (Å²) in [6, 6.07) is 2.94. The van der Waals surface area contributed by atoms with Crippen LogP contribution in [0, 0.1) is 0 Å². The van der Waals surface area contributed by atoms with E-state index < -0.39 is 0 Å². The molecule has 0 aromatic carbocycles. The maximum atomic E-state index is 12.2. The SMILES string of the molecule is COCCN(C(=O)Cn1cc(N)ccc1=O)C(C)C. The van der Waals surface area contributed by atoms with Crippen molar-refractivity contribution in [2.75, 3.05) is 26.0 Å². The van der Waals surface area contributed by atoms with Crippen LogP contribution in [0.15, 0.2) is 23.1 Å². The van der Waals surface area contributed by atoms with Gasteiger partial charge in [0.05, 0.1) is 6.61 Å². The largest absolute Gasteiger partial charge is 0.398 e. The highest BCUT2D eigenvalue weighted by Gasteiger charge is 2.17. The van der Waals surface area contributed by atoms with Gasteiger partial charge in [0, 0.05) is 37.6 Å². The van der Waals surface area contributed by atoms with Crippen LogP contribution >= 0.6 is 0 Å². The van der Waals surface area contributed by atoms with E-state index in [1.54, 1.807) is 12.0 Å². The first kappa shape index (κ1) is 15.2. The van der Waals surface area contributed by atoms with E-state index in [9.17, 15) is 9.59 Å². The van der Waals surface area contributed by atoms with Crippen molar-refractivity contribution < 1.29 is 9.53 Å². The number of nitrogens with zero attached hydrogens (tertiary/aromatic N) is 2. The maximum absolute atomic E-state index is 12.2. The van der Waals surface area contributed by atoms with E-state index in [2.05, 4.69) is 0 Å². The van der Waals surface area contributed by atoms with Crippen molar-refractivity contribution in [2.45, 2.75) is 26.4 Å². The molecule has 0 saturated carbocycles. The third-order valence-electron chi connectivity index (χ3n) is 2.79. The molecule has 0 atom stereocenters. The monoisotopic (exact) mass is 267 g/mol. The zero-order valence-corrected chi connectivity index (χ0v) is 11.6. The number of hydrogen-bond acceptors (Lipinski definition) is 4. The molecule has 0 radical (unpaired) electrons. The van der Waals surface area contributed by atoms with Crippen molar-refractivity contribution >= 4 is 11.6 Å². The Kier molecular flexibility index (Phi) is 5.57. The van der Waals surface area contributed by atoms with Crippen LogP contribution < -0.4 is 11.3 Å². The number of carbonyl (C=O) groups is 1. The molecule has 106 valence electrons. The van der Waals surface area contributed by atoms with Crippen molar-refractivity contribution in [1.82, 2.24) is 9.47 Å². The maximum Gasteiger partial charge on any atom is 0.251 e. The molecule has 1 aromatic heterocycles. The zero-order valence-electron chi connectivity index (χ0n) is 11.6. The lowest BCUT2D eigenvalue weighted by Gasteiger charge is -2.26. The highest BCUT2D eigenvalue weighted by molar-refractivity contribution is 5.76. The van der Waals surface area contributed by atoms with Crippen LogP contribution in [0.25, 0.3) is 0 Å². The molecule has 0 fully saturated rings. The number of nitrogens with two attached hydrogens (primary N) is 1. The molecule has 0 aliphatic rings. The molecule has 0 bridgehead atoms. The first-order chi connectivity index (χ1) is 8.95. The van der Waals surface area contributed by atoms with E-state index >= 15 is 0 Å². The minimum absolute atomic E-state index is 0.00817. The molecular formula is C13H21N3O3. The third kappa shape index (κ3) is 4.40. The smallest absolute Gasteiger partial charge is 0.251 e. The summed E-state index contributed by atoms with van der Waals surface area (Å²) in [5, 5.41) is 0. The highest BCUT2D eigenvalue weighted by Crippen LogP contribution is 2.02. The Morgan fingerprint density at radius 3 is 2.74 bits per heavy atom. The van der Waals surface area contributed by atoms with E-state index in [1.165, 1.54) is 22.9 Å². The lowest BCUT2D eigenvalue weighted by atomic mass is 10.3. The first-order valence-corrected chi connectivity index (χ1v) is 6.20. The Hall–Kier alpha value is -1.82. The summed E-state index contributed by atoms with van der Waals surface area (Å²) in [7, 11) is 1.59. The number of rotatable bonds is 6. The molecule has 6 nitrogen and oxygen atoms in total. The lowest BCUT2D eigenvalue weighted by Crippen LogP contribution is -2.42. The summed E-state index contributed by atoms with van der Waals surface area (Å²) in [4.78, 5) is 25.5. The highest BCUT2D eigenvalue weighted by atomic mass is 16.5. The van der Waals surface area contributed by atoms with Gasteiger partial charge in [0.2, 0.25) is 5.91 Å². The topological polar surface area (TPSA) is 77.6 Å². The fraction of sp³-hybridized carbons (Fsp3) is 0.538. The van der Waals surface area contributed by atoms with Crippen LogP contribution in [0.4, 0.5) is 5.69 Å². The van der Waals surface area contributed by atoms with Gasteiger partial charge in [-0.3, -0.25) is 9.59 Å². The number of anilines is 1. The van der Waals surface area contributed by atoms with Gasteiger partial charge in [0.1, 0.15) is 6.54 Å². The molecule has 1 rings (SSSR count). The Balaban J connectivity index is 2.81. The molecular weight excluding hydrogens is 246 g/mol. The van der Waals surface area contributed by atoms with Crippen molar-refractivity contribution in [1.29, 1.82) is 0 Å². The molecule has 1 amide bonds. The third-order valence-corrected chi connectivity index (χ3v) is 2.79. The molecule has 19 heavy (non-hydrogen) atoms. The van der Waals surface area contributed by atoms with Gasteiger partial charge in [-0.1, -0.05) is 0 Å². The zero-order chi connectivity index (χ0) is 14.4. The number of carbonyl (C=O) groups excluding carboxylic acids is 1. The summed E-state index contributed by atoms with van der Waals surface area (Å²) in [5.74, 6) is -0.125. The molecule has 1 heterocycles. The summed E-state index contributed by atoms with van der Waals surface area (Å²) >= 11 is 0. The Bertz CT molecular complexity index is 482. The Labute approximate surface area is 112 Å². The molecule has 1 aromatic rings. The average molecular weight is 267 g/mol. The number of pyridine rings is 1. The van der Waals surface area contributed by atoms with Crippen LogP contribution in [0.1, 0.15) is 13.8 Å². The van der Waals surface area contributed by atoms with Crippen LogP contribution in [0.5, 0.6) is 0 Å². The van der Waals surface area contributed by atoms with Crippen molar-refractivity contribution in [3.8, 4) is 0 Å². The van der Waals surface area contributed by atoms with E-state index in [0.29, 0.717) is 18.8 Å². The number of methoxy groups -OCH3 is 1. The Morgan fingerprint density at radius 2 is 2.16 bits per heavy atom. The summed E-state index contributed by atoms with van der Waals surface area (Å²) in [6.07, 6.45) is 1.48. The van der Waals surface area contributed by atoms with E-state index in [4.69, 9.17) is 10.5 Å². The van der Waals surface area contributed by atoms with Crippen LogP contribution in [0.3, 0.4) is 0 Å². The number of ether oxygens (including phenoxy) is 1. The minimum Gasteiger partial charge on any atom is -0.398 e. The van der Waals surface area contributed by atoms with Crippen molar-refractivity contribution in [2.24, 2.45) is 0 Å². The minimum atomic E-state index is -0.238. The number of amides is 1. The van der Waals surface area contributed by atoms with Crippen LogP contribution in [-0.4, -0.2) is 41.7 Å². The van der Waals surface area contributed by atoms with E-state index in [-0.39, 0.29) is 24.1 Å². The van der Waals surface area contributed by atoms with Gasteiger partial charge >= 0.3 is 0 Å². The van der Waals surface area contributed by atoms with E-state index in [1.807, 2.05) is 13.8 Å². The summed E-state index contributed by atoms with van der Waals surface area (Å²) in [5.41, 5.74) is 5.84.